The van der Waals surface area contributed by atoms with Crippen LogP contribution in [0.4, 0.5) is 0 Å². The second kappa shape index (κ2) is 19.6. The largest absolute Gasteiger partial charge is 0.307 e. The summed E-state index contributed by atoms with van der Waals surface area (Å²) in [6.45, 7) is 27.8. The van der Waals surface area contributed by atoms with E-state index in [1.165, 1.54) is 43.8 Å². The zero-order chi connectivity index (χ0) is 58.9. The van der Waals surface area contributed by atoms with Crippen molar-refractivity contribution in [3.05, 3.63) is 241 Å². The van der Waals surface area contributed by atoms with Gasteiger partial charge in [0.15, 0.2) is 5.82 Å². The molecule has 0 spiro atoms. The third kappa shape index (κ3) is 9.21. The van der Waals surface area contributed by atoms with Gasteiger partial charge in [0, 0.05) is 49.8 Å². The Morgan fingerprint density at radius 3 is 1.11 bits per heavy atom. The Labute approximate surface area is 499 Å². The number of nitrogens with zero attached hydrogens (tertiary/aromatic N) is 6. The minimum Gasteiger partial charge on any atom is -0.307 e. The minimum absolute atomic E-state index is 0.0705. The van der Waals surface area contributed by atoms with Crippen LogP contribution in [0, 0.1) is 0 Å². The fraction of sp³-hybridized carbons (Fsp3) is 0.203. The van der Waals surface area contributed by atoms with Crippen LogP contribution in [0.3, 0.4) is 0 Å². The topological polar surface area (TPSA) is 53.5 Å². The lowest BCUT2D eigenvalue weighted by molar-refractivity contribution is 0.590. The Balaban J connectivity index is 1.13. The summed E-state index contributed by atoms with van der Waals surface area (Å²) in [6, 6.07) is 78.6. The summed E-state index contributed by atoms with van der Waals surface area (Å²) >= 11 is 0. The molecule has 5 heterocycles. The molecule has 0 aliphatic rings. The minimum atomic E-state index is -0.0705. The summed E-state index contributed by atoms with van der Waals surface area (Å²) in [5.41, 5.74) is 22.7. The lowest BCUT2D eigenvalue weighted by Crippen LogP contribution is -2.12. The van der Waals surface area contributed by atoms with Crippen LogP contribution in [0.25, 0.3) is 128 Å². The van der Waals surface area contributed by atoms with Crippen molar-refractivity contribution in [3.8, 4) is 62.1 Å². The lowest BCUT2D eigenvalue weighted by atomic mass is 9.85. The number of aromatic nitrogens is 6. The van der Waals surface area contributed by atoms with Crippen LogP contribution >= 0.6 is 0 Å². The van der Waals surface area contributed by atoms with Gasteiger partial charge >= 0.3 is 0 Å². The first-order chi connectivity index (χ1) is 40.7. The molecule has 6 nitrogen and oxygen atoms in total. The van der Waals surface area contributed by atoms with Gasteiger partial charge in [0.2, 0.25) is 0 Å². The molecule has 0 atom stereocenters. The molecular formula is C79H72N6. The number of fused-ring (bicyclic) bond motifs is 9. The normalized spacial score (nSPS) is 12.7. The van der Waals surface area contributed by atoms with Gasteiger partial charge in [0.1, 0.15) is 0 Å². The smallest absolute Gasteiger partial charge is 0.160 e. The molecule has 0 radical (unpaired) electrons. The summed E-state index contributed by atoms with van der Waals surface area (Å²) in [4.78, 5) is 15.6. The van der Waals surface area contributed by atoms with Gasteiger partial charge in [-0.3, -0.25) is 4.98 Å². The van der Waals surface area contributed by atoms with Crippen molar-refractivity contribution in [2.45, 2.75) is 105 Å². The van der Waals surface area contributed by atoms with Crippen molar-refractivity contribution in [1.29, 1.82) is 0 Å². The third-order valence-electron chi connectivity index (χ3n) is 17.5. The Morgan fingerprint density at radius 1 is 0.282 bits per heavy atom. The van der Waals surface area contributed by atoms with Gasteiger partial charge in [-0.05, 0) is 140 Å². The van der Waals surface area contributed by atoms with E-state index < -0.39 is 0 Å². The highest BCUT2D eigenvalue weighted by atomic mass is 15.1. The maximum absolute atomic E-state index is 5.26. The zero-order valence-electron chi connectivity index (χ0n) is 51.0. The average Bonchev–Trinajstić information content (AvgIpc) is 1.69. The van der Waals surface area contributed by atoms with E-state index in [-0.39, 0.29) is 21.7 Å². The highest BCUT2D eigenvalue weighted by Gasteiger charge is 2.29. The van der Waals surface area contributed by atoms with Crippen molar-refractivity contribution in [2.75, 3.05) is 0 Å². The van der Waals surface area contributed by atoms with Gasteiger partial charge in [0.25, 0.3) is 0 Å². The zero-order valence-corrected chi connectivity index (χ0v) is 51.0. The van der Waals surface area contributed by atoms with E-state index in [1.807, 2.05) is 30.5 Å². The molecule has 14 rings (SSSR count). The molecule has 0 fully saturated rings. The first-order valence-corrected chi connectivity index (χ1v) is 30.0. The van der Waals surface area contributed by atoms with Crippen molar-refractivity contribution in [1.82, 2.24) is 28.7 Å². The van der Waals surface area contributed by atoms with Crippen molar-refractivity contribution < 1.29 is 0 Å². The summed E-state index contributed by atoms with van der Waals surface area (Å²) in [5, 5.41) is 6.03. The number of pyridine rings is 1. The fourth-order valence-electron chi connectivity index (χ4n) is 12.7. The van der Waals surface area contributed by atoms with Gasteiger partial charge < -0.3 is 13.7 Å². The van der Waals surface area contributed by atoms with Crippen LogP contribution in [-0.4, -0.2) is 28.7 Å². The average molecular weight is 1110 g/mol. The first-order valence-electron chi connectivity index (χ1n) is 30.0. The molecule has 14 aromatic rings. The highest BCUT2D eigenvalue weighted by Crippen LogP contribution is 2.47. The monoisotopic (exact) mass is 1100 g/mol. The predicted molar refractivity (Wildman–Crippen MR) is 359 cm³/mol. The molecular weight excluding hydrogens is 1030 g/mol. The van der Waals surface area contributed by atoms with E-state index in [4.69, 9.17) is 15.0 Å². The quantitative estimate of drug-likeness (QED) is 0.160. The standard InChI is InChI=1S/C79H72N6/c1-76(2,3)54-33-37-66-59(44-54)60-45-55(77(4,5)6)34-38-67(60)83(66)71-42-53(49-29-31-51(32-30-49)64-48-63(50-22-15-13-16-23-50)81-75(82-64)52-24-17-14-18-25-52)43-72(74(71)85-65-27-20-19-26-58(65)73-70(85)28-21-41-80-73)84-68-39-35-56(78(7,8)9)46-61(68)62-47-57(79(10,11)12)36-40-69(62)84/h13-48H,1-12H3. The Hall–Kier alpha value is -9.39. The molecule has 0 aliphatic heterocycles. The van der Waals surface area contributed by atoms with E-state index in [0.29, 0.717) is 5.82 Å². The fourth-order valence-corrected chi connectivity index (χ4v) is 12.7. The SMILES string of the molecule is CC(C)(C)c1ccc2c(c1)c1cc(C(C)(C)C)ccc1n2-c1cc(-c2ccc(-c3cc(-c4ccccc4)nc(-c4ccccc4)n3)cc2)cc(-n2c3ccc(C(C)(C)C)cc3c3cc(C(C)(C)C)ccc32)c1-n1c2ccccc2c2ncccc21. The number of hydrogen-bond acceptors (Lipinski definition) is 3. The van der Waals surface area contributed by atoms with E-state index in [9.17, 15) is 0 Å². The van der Waals surface area contributed by atoms with E-state index >= 15 is 0 Å². The molecule has 0 aliphatic carbocycles. The molecule has 9 aromatic carbocycles. The summed E-state index contributed by atoms with van der Waals surface area (Å²) < 4.78 is 7.64. The lowest BCUT2D eigenvalue weighted by Gasteiger charge is -2.24. The molecule has 0 N–H and O–H groups in total. The molecule has 85 heavy (non-hydrogen) atoms. The van der Waals surface area contributed by atoms with Gasteiger partial charge in [-0.2, -0.15) is 0 Å². The molecule has 0 saturated heterocycles. The summed E-state index contributed by atoms with van der Waals surface area (Å²) in [5.74, 6) is 0.692. The second-order valence-corrected chi connectivity index (χ2v) is 27.5. The maximum atomic E-state index is 5.26. The number of hydrogen-bond donors (Lipinski definition) is 0. The Bertz CT molecular complexity index is 4520. The molecule has 5 aromatic heterocycles. The van der Waals surface area contributed by atoms with Gasteiger partial charge in [0.05, 0.1) is 67.1 Å². The van der Waals surface area contributed by atoms with Crippen molar-refractivity contribution in [2.24, 2.45) is 0 Å². The van der Waals surface area contributed by atoms with Crippen molar-refractivity contribution >= 4 is 65.5 Å². The van der Waals surface area contributed by atoms with Crippen LogP contribution in [0.15, 0.2) is 219 Å². The molecule has 418 valence electrons. The second-order valence-electron chi connectivity index (χ2n) is 27.5. The number of rotatable bonds is 7. The van der Waals surface area contributed by atoms with Crippen LogP contribution in [-0.2, 0) is 21.7 Å². The van der Waals surface area contributed by atoms with Crippen LogP contribution in [0.5, 0.6) is 0 Å². The molecule has 6 heteroatoms. The van der Waals surface area contributed by atoms with Crippen LogP contribution in [0.2, 0.25) is 0 Å². The number of benzene rings is 9. The maximum Gasteiger partial charge on any atom is 0.160 e. The molecule has 0 amide bonds. The Kier molecular flexibility index (Phi) is 12.4. The third-order valence-corrected chi connectivity index (χ3v) is 17.5. The van der Waals surface area contributed by atoms with Crippen molar-refractivity contribution in [3.63, 3.8) is 0 Å². The van der Waals surface area contributed by atoms with Gasteiger partial charge in [-0.15, -0.1) is 0 Å². The summed E-state index contributed by atoms with van der Waals surface area (Å²) in [7, 11) is 0. The molecule has 0 bridgehead atoms. The molecule has 0 unspecified atom stereocenters. The van der Waals surface area contributed by atoms with E-state index in [0.717, 1.165) is 100 Å². The van der Waals surface area contributed by atoms with Gasteiger partial charge in [-0.25, -0.2) is 9.97 Å². The van der Waals surface area contributed by atoms with Crippen LogP contribution < -0.4 is 0 Å². The number of para-hydroxylation sites is 1. The summed E-state index contributed by atoms with van der Waals surface area (Å²) in [6.07, 6.45) is 1.93. The Morgan fingerprint density at radius 2 is 0.659 bits per heavy atom. The van der Waals surface area contributed by atoms with E-state index in [2.05, 4.69) is 285 Å². The first kappa shape index (κ1) is 53.6. The van der Waals surface area contributed by atoms with Crippen LogP contribution in [0.1, 0.15) is 105 Å². The van der Waals surface area contributed by atoms with Gasteiger partial charge in [-0.1, -0.05) is 210 Å². The predicted octanol–water partition coefficient (Wildman–Crippen LogP) is 21.0. The highest BCUT2D eigenvalue weighted by molar-refractivity contribution is 6.14. The molecule has 0 saturated carbocycles. The van der Waals surface area contributed by atoms with E-state index in [1.54, 1.807) is 0 Å².